The Labute approximate surface area is 182 Å². The summed E-state index contributed by atoms with van der Waals surface area (Å²) in [6.07, 6.45) is 1.42. The summed E-state index contributed by atoms with van der Waals surface area (Å²) >= 11 is 0. The summed E-state index contributed by atoms with van der Waals surface area (Å²) < 4.78 is 16.4. The van der Waals surface area contributed by atoms with Crippen molar-refractivity contribution in [2.75, 3.05) is 14.2 Å². The summed E-state index contributed by atoms with van der Waals surface area (Å²) in [5, 5.41) is 11.5. The number of nitro groups is 1. The second-order valence-electron chi connectivity index (χ2n) is 6.76. The lowest BCUT2D eigenvalue weighted by Crippen LogP contribution is -2.05. The average Bonchev–Trinajstić information content (AvgIpc) is 3.25. The lowest BCUT2D eigenvalue weighted by atomic mass is 9.99. The molecule has 0 aliphatic rings. The van der Waals surface area contributed by atoms with Crippen LogP contribution in [0.1, 0.15) is 21.8 Å². The Hall–Kier alpha value is -4.46. The van der Waals surface area contributed by atoms with Crippen LogP contribution in [0, 0.1) is 10.1 Å². The summed E-state index contributed by atoms with van der Waals surface area (Å²) in [6, 6.07) is 18.0. The fourth-order valence-electron chi connectivity index (χ4n) is 3.28. The highest BCUT2D eigenvalue weighted by Crippen LogP contribution is 2.32. The number of oxazole rings is 1. The maximum absolute atomic E-state index is 13.5. The Kier molecular flexibility index (Phi) is 5.67. The minimum Gasteiger partial charge on any atom is -0.493 e. The van der Waals surface area contributed by atoms with Crippen molar-refractivity contribution in [3.63, 3.8) is 0 Å². The van der Waals surface area contributed by atoms with Crippen molar-refractivity contribution in [3.05, 3.63) is 93.9 Å². The normalized spacial score (nSPS) is 11.4. The van der Waals surface area contributed by atoms with Gasteiger partial charge >= 0.3 is 0 Å². The summed E-state index contributed by atoms with van der Waals surface area (Å²) in [7, 11) is 2.97. The molecule has 32 heavy (non-hydrogen) atoms. The quantitative estimate of drug-likeness (QED) is 0.172. The second-order valence-corrected chi connectivity index (χ2v) is 6.76. The first-order valence-corrected chi connectivity index (χ1v) is 9.59. The Morgan fingerprint density at radius 3 is 2.44 bits per heavy atom. The standard InChI is InChI=1S/C24H18N2O6/c1-30-21-12-11-16(14-22(21)31-2)23(27)17(13-15-7-3-5-9-19(15)26(28)29)24-25-18-8-4-6-10-20(18)32-24/h3-14H,1-2H3/b17-13-. The van der Waals surface area contributed by atoms with Gasteiger partial charge in [0.2, 0.25) is 5.89 Å². The van der Waals surface area contributed by atoms with Gasteiger partial charge in [0.15, 0.2) is 22.9 Å². The Bertz CT molecular complexity index is 1320. The molecule has 0 aliphatic carbocycles. The number of nitro benzene ring substituents is 1. The smallest absolute Gasteiger partial charge is 0.276 e. The van der Waals surface area contributed by atoms with Crippen LogP contribution in [0.2, 0.25) is 0 Å². The maximum Gasteiger partial charge on any atom is 0.276 e. The van der Waals surface area contributed by atoms with Gasteiger partial charge in [0, 0.05) is 11.6 Å². The number of Topliss-reactive ketones (excluding diaryl/α,β-unsaturated/α-hetero) is 1. The van der Waals surface area contributed by atoms with Gasteiger partial charge in [0.1, 0.15) is 5.52 Å². The molecule has 0 bridgehead atoms. The number of carbonyl (C=O) groups excluding carboxylic acids is 1. The van der Waals surface area contributed by atoms with Crippen LogP contribution in [0.5, 0.6) is 11.5 Å². The molecule has 1 aromatic heterocycles. The molecule has 0 aliphatic heterocycles. The van der Waals surface area contributed by atoms with Crippen LogP contribution in [0.15, 0.2) is 71.1 Å². The number of allylic oxidation sites excluding steroid dienone is 1. The minimum absolute atomic E-state index is 0.0594. The predicted octanol–water partition coefficient (Wildman–Crippen LogP) is 5.18. The van der Waals surface area contributed by atoms with Crippen LogP contribution in [0.4, 0.5) is 5.69 Å². The first-order chi connectivity index (χ1) is 15.5. The Morgan fingerprint density at radius 2 is 1.72 bits per heavy atom. The van der Waals surface area contributed by atoms with Crippen molar-refractivity contribution in [2.24, 2.45) is 0 Å². The zero-order valence-corrected chi connectivity index (χ0v) is 17.3. The number of nitrogens with zero attached hydrogens (tertiary/aromatic N) is 2. The molecule has 0 N–H and O–H groups in total. The molecule has 0 radical (unpaired) electrons. The van der Waals surface area contributed by atoms with E-state index in [0.717, 1.165) is 0 Å². The molecule has 8 nitrogen and oxygen atoms in total. The van der Waals surface area contributed by atoms with Crippen molar-refractivity contribution >= 4 is 34.2 Å². The first kappa shape index (κ1) is 20.8. The monoisotopic (exact) mass is 430 g/mol. The van der Waals surface area contributed by atoms with Gasteiger partial charge in [-0.05, 0) is 42.5 Å². The average molecular weight is 430 g/mol. The summed E-state index contributed by atoms with van der Waals surface area (Å²) in [5.41, 5.74) is 1.54. The van der Waals surface area contributed by atoms with Gasteiger partial charge in [-0.1, -0.05) is 24.3 Å². The van der Waals surface area contributed by atoms with Gasteiger partial charge in [-0.25, -0.2) is 4.98 Å². The molecule has 0 saturated carbocycles. The van der Waals surface area contributed by atoms with Crippen molar-refractivity contribution in [3.8, 4) is 11.5 Å². The van der Waals surface area contributed by atoms with Gasteiger partial charge in [0.05, 0.1) is 30.3 Å². The number of rotatable bonds is 7. The summed E-state index contributed by atoms with van der Waals surface area (Å²) in [6.45, 7) is 0. The maximum atomic E-state index is 13.5. The Morgan fingerprint density at radius 1 is 1.00 bits per heavy atom. The van der Waals surface area contributed by atoms with E-state index in [0.29, 0.717) is 22.6 Å². The van der Waals surface area contributed by atoms with E-state index in [-0.39, 0.29) is 28.3 Å². The number of hydrogen-bond acceptors (Lipinski definition) is 7. The number of carbonyl (C=O) groups is 1. The van der Waals surface area contributed by atoms with Gasteiger partial charge < -0.3 is 13.9 Å². The number of benzene rings is 3. The molecule has 0 fully saturated rings. The van der Waals surface area contributed by atoms with Crippen LogP contribution < -0.4 is 9.47 Å². The van der Waals surface area contributed by atoms with E-state index in [9.17, 15) is 14.9 Å². The molecule has 4 aromatic rings. The van der Waals surface area contributed by atoms with Gasteiger partial charge in [-0.3, -0.25) is 14.9 Å². The summed E-state index contributed by atoms with van der Waals surface area (Å²) in [5.74, 6) is 0.468. The fraction of sp³-hybridized carbons (Fsp3) is 0.0833. The van der Waals surface area contributed by atoms with Crippen LogP contribution in [-0.4, -0.2) is 29.9 Å². The van der Waals surface area contributed by atoms with Crippen LogP contribution >= 0.6 is 0 Å². The highest BCUT2D eigenvalue weighted by molar-refractivity contribution is 6.32. The number of fused-ring (bicyclic) bond motifs is 1. The van der Waals surface area contributed by atoms with E-state index >= 15 is 0 Å². The molecule has 1 heterocycles. The molecule has 0 amide bonds. The summed E-state index contributed by atoms with van der Waals surface area (Å²) in [4.78, 5) is 29.0. The van der Waals surface area contributed by atoms with E-state index in [1.165, 1.54) is 32.4 Å². The van der Waals surface area contributed by atoms with Gasteiger partial charge in [-0.2, -0.15) is 0 Å². The lowest BCUT2D eigenvalue weighted by molar-refractivity contribution is -0.385. The number of aromatic nitrogens is 1. The van der Waals surface area contributed by atoms with Crippen molar-refractivity contribution in [1.29, 1.82) is 0 Å². The number of hydrogen-bond donors (Lipinski definition) is 0. The van der Waals surface area contributed by atoms with E-state index in [2.05, 4.69) is 4.98 Å². The molecule has 0 saturated heterocycles. The number of para-hydroxylation sites is 3. The molecule has 0 spiro atoms. The fourth-order valence-corrected chi connectivity index (χ4v) is 3.28. The number of ether oxygens (including phenoxy) is 2. The topological polar surface area (TPSA) is 105 Å². The lowest BCUT2D eigenvalue weighted by Gasteiger charge is -2.10. The molecular formula is C24H18N2O6. The van der Waals surface area contributed by atoms with E-state index in [1.807, 2.05) is 0 Å². The molecule has 160 valence electrons. The van der Waals surface area contributed by atoms with E-state index in [4.69, 9.17) is 13.9 Å². The highest BCUT2D eigenvalue weighted by atomic mass is 16.6. The third-order valence-corrected chi connectivity index (χ3v) is 4.85. The van der Waals surface area contributed by atoms with Gasteiger partial charge in [-0.15, -0.1) is 0 Å². The molecular weight excluding hydrogens is 412 g/mol. The molecule has 0 atom stereocenters. The highest BCUT2D eigenvalue weighted by Gasteiger charge is 2.23. The third-order valence-electron chi connectivity index (χ3n) is 4.85. The molecule has 4 rings (SSSR count). The second kappa shape index (κ2) is 8.73. The predicted molar refractivity (Wildman–Crippen MR) is 119 cm³/mol. The molecule has 3 aromatic carbocycles. The Balaban J connectivity index is 1.90. The number of methoxy groups -OCH3 is 2. The molecule has 0 unspecified atom stereocenters. The van der Waals surface area contributed by atoms with E-state index in [1.54, 1.807) is 54.6 Å². The minimum atomic E-state index is -0.504. The SMILES string of the molecule is COc1ccc(C(=O)/C(=C/c2ccccc2[N+](=O)[O-])c2nc3ccccc3o2)cc1OC. The van der Waals surface area contributed by atoms with Crippen molar-refractivity contribution in [2.45, 2.75) is 0 Å². The molecule has 8 heteroatoms. The van der Waals surface area contributed by atoms with Crippen LogP contribution in [-0.2, 0) is 0 Å². The van der Waals surface area contributed by atoms with Crippen LogP contribution in [0.25, 0.3) is 22.7 Å². The van der Waals surface area contributed by atoms with Gasteiger partial charge in [0.25, 0.3) is 5.69 Å². The zero-order chi connectivity index (χ0) is 22.7. The van der Waals surface area contributed by atoms with Crippen molar-refractivity contribution in [1.82, 2.24) is 4.98 Å². The van der Waals surface area contributed by atoms with E-state index < -0.39 is 10.7 Å². The number of ketones is 1. The first-order valence-electron chi connectivity index (χ1n) is 9.59. The van der Waals surface area contributed by atoms with Crippen molar-refractivity contribution < 1.29 is 23.6 Å². The van der Waals surface area contributed by atoms with Crippen LogP contribution in [0.3, 0.4) is 0 Å². The largest absolute Gasteiger partial charge is 0.493 e. The zero-order valence-electron chi connectivity index (χ0n) is 17.3. The third kappa shape index (κ3) is 3.93.